The number of nitrogens with two attached hydrogens (primary N) is 1. The fourth-order valence-electron chi connectivity index (χ4n) is 3.26. The van der Waals surface area contributed by atoms with E-state index in [9.17, 15) is 19.6 Å². The molecule has 146 valence electrons. The molecule has 0 spiro atoms. The number of esters is 1. The Bertz CT molecular complexity index is 938. The van der Waals surface area contributed by atoms with E-state index in [-0.39, 0.29) is 35.2 Å². The summed E-state index contributed by atoms with van der Waals surface area (Å²) >= 11 is 0. The van der Waals surface area contributed by atoms with Crippen LogP contribution < -0.4 is 5.73 Å². The Morgan fingerprint density at radius 3 is 2.71 bits per heavy atom. The predicted octanol–water partition coefficient (Wildman–Crippen LogP) is 1.13. The van der Waals surface area contributed by atoms with Crippen molar-refractivity contribution in [2.75, 3.05) is 19.7 Å². The number of hydrogen-bond donors (Lipinski definition) is 1. The number of carbonyl (C=O) groups excluding carboxylic acids is 3. The van der Waals surface area contributed by atoms with E-state index >= 15 is 0 Å². The van der Waals surface area contributed by atoms with Crippen molar-refractivity contribution in [1.29, 1.82) is 5.26 Å². The number of nitrogens with zero attached hydrogens (tertiary/aromatic N) is 3. The summed E-state index contributed by atoms with van der Waals surface area (Å²) in [6, 6.07) is 5.48. The van der Waals surface area contributed by atoms with Crippen LogP contribution in [0.25, 0.3) is 5.88 Å². The van der Waals surface area contributed by atoms with Crippen LogP contribution in [0, 0.1) is 24.2 Å². The van der Waals surface area contributed by atoms with Crippen LogP contribution in [0.15, 0.2) is 28.9 Å². The Labute approximate surface area is 161 Å². The number of primary amides is 1. The lowest BCUT2D eigenvalue weighted by Crippen LogP contribution is -2.45. The molecule has 9 nitrogen and oxygen atoms in total. The van der Waals surface area contributed by atoms with Crippen LogP contribution >= 0.6 is 0 Å². The summed E-state index contributed by atoms with van der Waals surface area (Å²) < 4.78 is 12.3. The number of aryl methyl sites for hydroxylation is 1. The highest BCUT2D eigenvalue weighted by Crippen LogP contribution is 2.26. The number of nitriles is 1. The first-order valence-corrected chi connectivity index (χ1v) is 8.83. The standard InChI is InChI=1S/C19H20N4O5/c1-12-16(14(9-20)18(28-12)22-6-2-3-7-22)19(26)27-11-15(24)23-8-4-5-13(10-23)17(21)25/h2-3,6-7,13H,4-5,8,10-11H2,1H3,(H2,21,25)/t13-/m1/s1. The molecule has 3 rings (SSSR count). The summed E-state index contributed by atoms with van der Waals surface area (Å²) in [4.78, 5) is 37.6. The summed E-state index contributed by atoms with van der Waals surface area (Å²) in [6.45, 7) is 1.76. The average Bonchev–Trinajstić information content (AvgIpc) is 3.33. The molecule has 2 aromatic rings. The second-order valence-corrected chi connectivity index (χ2v) is 6.57. The zero-order valence-electron chi connectivity index (χ0n) is 15.4. The minimum Gasteiger partial charge on any atom is -0.452 e. The second kappa shape index (κ2) is 8.00. The quantitative estimate of drug-likeness (QED) is 0.769. The monoisotopic (exact) mass is 384 g/mol. The van der Waals surface area contributed by atoms with E-state index in [1.165, 1.54) is 4.90 Å². The first-order valence-electron chi connectivity index (χ1n) is 8.83. The van der Waals surface area contributed by atoms with Crippen LogP contribution in [-0.2, 0) is 14.3 Å². The topological polar surface area (TPSA) is 132 Å². The third-order valence-electron chi connectivity index (χ3n) is 4.72. The number of hydrogen-bond acceptors (Lipinski definition) is 6. The predicted molar refractivity (Wildman–Crippen MR) is 96.3 cm³/mol. The molecule has 9 heteroatoms. The van der Waals surface area contributed by atoms with Crippen molar-refractivity contribution in [3.63, 3.8) is 0 Å². The molecule has 1 fully saturated rings. The number of aromatic nitrogens is 1. The molecule has 0 bridgehead atoms. The van der Waals surface area contributed by atoms with Gasteiger partial charge in [0.1, 0.15) is 23.0 Å². The molecule has 0 aromatic carbocycles. The molecule has 2 aromatic heterocycles. The van der Waals surface area contributed by atoms with Gasteiger partial charge >= 0.3 is 5.97 Å². The largest absolute Gasteiger partial charge is 0.452 e. The van der Waals surface area contributed by atoms with Crippen molar-refractivity contribution in [2.45, 2.75) is 19.8 Å². The lowest BCUT2D eigenvalue weighted by molar-refractivity contribution is -0.137. The molecule has 2 N–H and O–H groups in total. The fraction of sp³-hybridized carbons (Fsp3) is 0.368. The van der Waals surface area contributed by atoms with Gasteiger partial charge in [-0.3, -0.25) is 14.2 Å². The zero-order valence-corrected chi connectivity index (χ0v) is 15.4. The Balaban J connectivity index is 1.69. The number of furan rings is 1. The van der Waals surface area contributed by atoms with Gasteiger partial charge in [-0.05, 0) is 31.9 Å². The molecule has 1 aliphatic heterocycles. The fourth-order valence-corrected chi connectivity index (χ4v) is 3.26. The first-order chi connectivity index (χ1) is 13.4. The number of rotatable bonds is 5. The van der Waals surface area contributed by atoms with Crippen LogP contribution in [0.4, 0.5) is 0 Å². The summed E-state index contributed by atoms with van der Waals surface area (Å²) in [7, 11) is 0. The smallest absolute Gasteiger partial charge is 0.343 e. The van der Waals surface area contributed by atoms with Crippen molar-refractivity contribution in [3.8, 4) is 12.0 Å². The maximum atomic E-state index is 12.5. The Morgan fingerprint density at radius 2 is 2.07 bits per heavy atom. The van der Waals surface area contributed by atoms with Gasteiger partial charge < -0.3 is 19.8 Å². The van der Waals surface area contributed by atoms with Gasteiger partial charge in [0.25, 0.3) is 5.91 Å². The molecule has 1 atom stereocenters. The molecule has 1 aliphatic rings. The van der Waals surface area contributed by atoms with E-state index in [0.717, 1.165) is 0 Å². The van der Waals surface area contributed by atoms with E-state index in [4.69, 9.17) is 14.9 Å². The molecule has 0 radical (unpaired) electrons. The molecule has 28 heavy (non-hydrogen) atoms. The number of ether oxygens (including phenoxy) is 1. The normalized spacial score (nSPS) is 16.4. The highest BCUT2D eigenvalue weighted by Gasteiger charge is 2.29. The summed E-state index contributed by atoms with van der Waals surface area (Å²) in [6.07, 6.45) is 4.67. The van der Waals surface area contributed by atoms with Gasteiger partial charge in [0, 0.05) is 25.5 Å². The van der Waals surface area contributed by atoms with Crippen LogP contribution in [0.1, 0.15) is 34.5 Å². The molecule has 0 unspecified atom stereocenters. The highest BCUT2D eigenvalue weighted by atomic mass is 16.5. The summed E-state index contributed by atoms with van der Waals surface area (Å²) in [5.74, 6) is -1.62. The zero-order chi connectivity index (χ0) is 20.3. The van der Waals surface area contributed by atoms with E-state index < -0.39 is 24.4 Å². The van der Waals surface area contributed by atoms with Crippen molar-refractivity contribution in [1.82, 2.24) is 9.47 Å². The van der Waals surface area contributed by atoms with Crippen LogP contribution in [0.2, 0.25) is 0 Å². The lowest BCUT2D eigenvalue weighted by Gasteiger charge is -2.31. The van der Waals surface area contributed by atoms with Gasteiger partial charge in [0.05, 0.1) is 5.92 Å². The Kier molecular flexibility index (Phi) is 5.49. The summed E-state index contributed by atoms with van der Waals surface area (Å²) in [5.41, 5.74) is 5.35. The molecular weight excluding hydrogens is 364 g/mol. The number of likely N-dealkylation sites (tertiary alicyclic amines) is 1. The molecule has 1 saturated heterocycles. The van der Waals surface area contributed by atoms with E-state index in [2.05, 4.69) is 0 Å². The minimum atomic E-state index is -0.812. The maximum Gasteiger partial charge on any atom is 0.343 e. The van der Waals surface area contributed by atoms with Gasteiger partial charge in [-0.2, -0.15) is 5.26 Å². The highest BCUT2D eigenvalue weighted by molar-refractivity contribution is 5.95. The van der Waals surface area contributed by atoms with Gasteiger partial charge in [-0.1, -0.05) is 0 Å². The molecule has 0 saturated carbocycles. The third kappa shape index (κ3) is 3.76. The Morgan fingerprint density at radius 1 is 1.36 bits per heavy atom. The van der Waals surface area contributed by atoms with E-state index in [1.807, 2.05) is 6.07 Å². The van der Waals surface area contributed by atoms with Gasteiger partial charge in [0.15, 0.2) is 6.61 Å². The lowest BCUT2D eigenvalue weighted by atomic mass is 9.97. The number of carbonyl (C=O) groups is 3. The summed E-state index contributed by atoms with van der Waals surface area (Å²) in [5, 5.41) is 9.47. The van der Waals surface area contributed by atoms with Crippen molar-refractivity contribution < 1.29 is 23.5 Å². The molecule has 2 amide bonds. The molecule has 3 heterocycles. The number of piperidine rings is 1. The third-order valence-corrected chi connectivity index (χ3v) is 4.72. The molecule has 0 aliphatic carbocycles. The SMILES string of the molecule is Cc1oc(-n2cccc2)c(C#N)c1C(=O)OCC(=O)N1CCC[C@@H](C(N)=O)C1. The number of amides is 2. The maximum absolute atomic E-state index is 12.5. The molecular formula is C19H20N4O5. The van der Waals surface area contributed by atoms with Gasteiger partial charge in [-0.15, -0.1) is 0 Å². The van der Waals surface area contributed by atoms with E-state index in [0.29, 0.717) is 19.4 Å². The van der Waals surface area contributed by atoms with Gasteiger partial charge in [0.2, 0.25) is 11.8 Å². The second-order valence-electron chi connectivity index (χ2n) is 6.57. The van der Waals surface area contributed by atoms with Crippen LogP contribution in [0.3, 0.4) is 0 Å². The van der Waals surface area contributed by atoms with Crippen LogP contribution in [0.5, 0.6) is 0 Å². The Hall–Kier alpha value is -3.54. The van der Waals surface area contributed by atoms with Crippen LogP contribution in [-0.4, -0.2) is 46.9 Å². The van der Waals surface area contributed by atoms with Crippen molar-refractivity contribution in [3.05, 3.63) is 41.4 Å². The average molecular weight is 384 g/mol. The van der Waals surface area contributed by atoms with Crippen molar-refractivity contribution in [2.24, 2.45) is 11.7 Å². The first kappa shape index (κ1) is 19.2. The van der Waals surface area contributed by atoms with E-state index in [1.54, 1.807) is 36.0 Å². The van der Waals surface area contributed by atoms with Gasteiger partial charge in [-0.25, -0.2) is 4.79 Å². The minimum absolute atomic E-state index is 0.00680. The van der Waals surface area contributed by atoms with Crippen molar-refractivity contribution >= 4 is 17.8 Å².